The summed E-state index contributed by atoms with van der Waals surface area (Å²) >= 11 is 0. The van der Waals surface area contributed by atoms with Gasteiger partial charge in [-0.3, -0.25) is 0 Å². The van der Waals surface area contributed by atoms with Crippen LogP contribution >= 0.6 is 0 Å². The van der Waals surface area contributed by atoms with Crippen molar-refractivity contribution in [1.82, 2.24) is 4.57 Å². The highest BCUT2D eigenvalue weighted by molar-refractivity contribution is 5.74. The van der Waals surface area contributed by atoms with Gasteiger partial charge in [0.25, 0.3) is 5.82 Å². The number of rotatable bonds is 6. The van der Waals surface area contributed by atoms with Crippen molar-refractivity contribution in [2.24, 2.45) is 12.8 Å². The number of aliphatic hydroxyl groups is 1. The van der Waals surface area contributed by atoms with Gasteiger partial charge < -0.3 is 20.3 Å². The number of hydrogen-bond acceptors (Lipinski definition) is 4. The van der Waals surface area contributed by atoms with Crippen LogP contribution in [-0.4, -0.2) is 35.6 Å². The Morgan fingerprint density at radius 2 is 2.36 bits per heavy atom. The van der Waals surface area contributed by atoms with Crippen molar-refractivity contribution in [2.45, 2.75) is 32.0 Å². The first kappa shape index (κ1) is 15.3. The fourth-order valence-corrected chi connectivity index (χ4v) is 3.16. The number of aliphatic hydroxyl groups excluding tert-OH is 1. The van der Waals surface area contributed by atoms with E-state index in [0.717, 1.165) is 48.6 Å². The highest BCUT2D eigenvalue weighted by atomic mass is 16.5. The summed E-state index contributed by atoms with van der Waals surface area (Å²) in [6, 6.07) is 5.97. The Morgan fingerprint density at radius 1 is 1.50 bits per heavy atom. The molecule has 6 nitrogen and oxygen atoms in total. The van der Waals surface area contributed by atoms with Gasteiger partial charge in [0.2, 0.25) is 0 Å². The number of benzene rings is 1. The van der Waals surface area contributed by atoms with Crippen LogP contribution in [0.25, 0.3) is 11.0 Å². The van der Waals surface area contributed by atoms with E-state index in [1.165, 1.54) is 0 Å². The Balaban J connectivity index is 2.01. The maximum Gasteiger partial charge on any atom is 0.271 e. The van der Waals surface area contributed by atoms with E-state index in [2.05, 4.69) is 9.13 Å². The minimum atomic E-state index is 0.0107. The van der Waals surface area contributed by atoms with Crippen LogP contribution in [0.15, 0.2) is 18.2 Å². The number of ether oxygens (including phenoxy) is 2. The van der Waals surface area contributed by atoms with Crippen molar-refractivity contribution in [3.8, 4) is 5.75 Å². The molecule has 3 N–H and O–H groups in total. The zero-order valence-corrected chi connectivity index (χ0v) is 13.0. The summed E-state index contributed by atoms with van der Waals surface area (Å²) in [6.07, 6.45) is 2.47. The predicted molar refractivity (Wildman–Crippen MR) is 82.6 cm³/mol. The van der Waals surface area contributed by atoms with Crippen LogP contribution < -0.4 is 15.0 Å². The lowest BCUT2D eigenvalue weighted by molar-refractivity contribution is -0.654. The summed E-state index contributed by atoms with van der Waals surface area (Å²) in [4.78, 5) is 0. The van der Waals surface area contributed by atoms with Crippen molar-refractivity contribution < 1.29 is 19.1 Å². The molecule has 1 aliphatic rings. The van der Waals surface area contributed by atoms with Crippen LogP contribution in [0.3, 0.4) is 0 Å². The van der Waals surface area contributed by atoms with Gasteiger partial charge in [-0.1, -0.05) is 0 Å². The molecule has 2 heterocycles. The third-order valence-corrected chi connectivity index (χ3v) is 4.25. The zero-order chi connectivity index (χ0) is 15.5. The molecule has 1 atom stereocenters. The highest BCUT2D eigenvalue weighted by Gasteiger charge is 2.26. The Bertz CT molecular complexity index is 648. The summed E-state index contributed by atoms with van der Waals surface area (Å²) in [7, 11) is 2.03. The Morgan fingerprint density at radius 3 is 3.05 bits per heavy atom. The zero-order valence-electron chi connectivity index (χ0n) is 13.0. The van der Waals surface area contributed by atoms with Crippen LogP contribution in [0.4, 0.5) is 0 Å². The van der Waals surface area contributed by atoms with E-state index < -0.39 is 0 Å². The molecule has 22 heavy (non-hydrogen) atoms. The molecular weight excluding hydrogens is 282 g/mol. The molecule has 0 unspecified atom stereocenters. The summed E-state index contributed by atoms with van der Waals surface area (Å²) in [5.74, 6) is 1.83. The molecule has 0 bridgehead atoms. The Labute approximate surface area is 130 Å². The lowest BCUT2D eigenvalue weighted by Crippen LogP contribution is -2.35. The van der Waals surface area contributed by atoms with Gasteiger partial charge in [0.1, 0.15) is 18.9 Å². The number of nitrogens with two attached hydrogens (primary N) is 1. The average Bonchev–Trinajstić information content (AvgIpc) is 3.13. The molecule has 120 valence electrons. The molecule has 1 aliphatic heterocycles. The van der Waals surface area contributed by atoms with E-state index in [0.29, 0.717) is 13.2 Å². The largest absolute Gasteiger partial charge is 0.491 e. The second-order valence-electron chi connectivity index (χ2n) is 5.65. The lowest BCUT2D eigenvalue weighted by atomic mass is 10.2. The van der Waals surface area contributed by atoms with Crippen LogP contribution in [0.5, 0.6) is 5.75 Å². The Hall–Kier alpha value is -1.63. The van der Waals surface area contributed by atoms with Gasteiger partial charge in [0, 0.05) is 12.7 Å². The fraction of sp³-hybridized carbons (Fsp3) is 0.562. The molecule has 0 aliphatic carbocycles. The van der Waals surface area contributed by atoms with Gasteiger partial charge in [-0.05, 0) is 25.0 Å². The first-order valence-corrected chi connectivity index (χ1v) is 7.81. The lowest BCUT2D eigenvalue weighted by Gasteiger charge is -2.09. The second-order valence-corrected chi connectivity index (χ2v) is 5.65. The minimum absolute atomic E-state index is 0.0107. The van der Waals surface area contributed by atoms with Crippen LogP contribution in [0.2, 0.25) is 0 Å². The van der Waals surface area contributed by atoms with E-state index >= 15 is 0 Å². The van der Waals surface area contributed by atoms with E-state index in [1.54, 1.807) is 0 Å². The highest BCUT2D eigenvalue weighted by Crippen LogP contribution is 2.23. The van der Waals surface area contributed by atoms with Crippen LogP contribution in [-0.2, 0) is 24.9 Å². The number of nitrogens with zero attached hydrogens (tertiary/aromatic N) is 2. The molecule has 3 rings (SSSR count). The smallest absolute Gasteiger partial charge is 0.271 e. The number of imidazole rings is 1. The molecule has 1 fully saturated rings. The maximum atomic E-state index is 8.90. The SMILES string of the molecule is C[n+]1c(CN)n(C[C@@H]2CCCO2)c2cc(OCCO)ccc21. The van der Waals surface area contributed by atoms with E-state index in [9.17, 15) is 0 Å². The molecular formula is C16H24N3O3+. The first-order valence-electron chi connectivity index (χ1n) is 7.81. The van der Waals surface area contributed by atoms with Gasteiger partial charge in [0.15, 0.2) is 11.0 Å². The van der Waals surface area contributed by atoms with Gasteiger partial charge in [-0.15, -0.1) is 0 Å². The standard InChI is InChI=1S/C16H24N3O3/c1-18-14-5-4-12(22-8-6-20)9-15(14)19(16(18)10-17)11-13-3-2-7-21-13/h4-5,9,13,20H,2-3,6-8,10-11,17H2,1H3/q+1/t13-/m0/s1. The van der Waals surface area contributed by atoms with E-state index in [-0.39, 0.29) is 12.7 Å². The summed E-state index contributed by atoms with van der Waals surface area (Å²) < 4.78 is 15.7. The van der Waals surface area contributed by atoms with Gasteiger partial charge in [0.05, 0.1) is 26.3 Å². The topological polar surface area (TPSA) is 73.5 Å². The fourth-order valence-electron chi connectivity index (χ4n) is 3.16. The Kier molecular flexibility index (Phi) is 4.61. The van der Waals surface area contributed by atoms with Crippen molar-refractivity contribution >= 4 is 11.0 Å². The van der Waals surface area contributed by atoms with Crippen molar-refractivity contribution in [3.05, 3.63) is 24.0 Å². The number of aromatic nitrogens is 2. The summed E-state index contributed by atoms with van der Waals surface area (Å²) in [5.41, 5.74) is 8.17. The molecule has 1 aromatic carbocycles. The molecule has 6 heteroatoms. The molecule has 2 aromatic rings. The minimum Gasteiger partial charge on any atom is -0.491 e. The van der Waals surface area contributed by atoms with Gasteiger partial charge >= 0.3 is 0 Å². The average molecular weight is 306 g/mol. The van der Waals surface area contributed by atoms with Crippen LogP contribution in [0.1, 0.15) is 18.7 Å². The van der Waals surface area contributed by atoms with E-state index in [1.807, 2.05) is 25.2 Å². The predicted octanol–water partition coefficient (Wildman–Crippen LogP) is 0.475. The summed E-state index contributed by atoms with van der Waals surface area (Å²) in [5, 5.41) is 8.90. The molecule has 0 saturated carbocycles. The quantitative estimate of drug-likeness (QED) is 0.761. The summed E-state index contributed by atoms with van der Waals surface area (Å²) in [6.45, 7) is 2.45. The second kappa shape index (κ2) is 6.64. The van der Waals surface area contributed by atoms with Gasteiger partial charge in [-0.25, -0.2) is 9.13 Å². The van der Waals surface area contributed by atoms with Crippen molar-refractivity contribution in [3.63, 3.8) is 0 Å². The molecule has 0 amide bonds. The first-order chi connectivity index (χ1) is 10.7. The van der Waals surface area contributed by atoms with E-state index in [4.69, 9.17) is 20.3 Å². The normalized spacial score (nSPS) is 18.2. The third-order valence-electron chi connectivity index (χ3n) is 4.25. The number of fused-ring (bicyclic) bond motifs is 1. The molecule has 1 saturated heterocycles. The van der Waals surface area contributed by atoms with Gasteiger partial charge in [-0.2, -0.15) is 0 Å². The maximum absolute atomic E-state index is 8.90. The molecule has 0 spiro atoms. The third kappa shape index (κ3) is 2.82. The van der Waals surface area contributed by atoms with Crippen molar-refractivity contribution in [2.75, 3.05) is 19.8 Å². The number of hydrogen-bond donors (Lipinski definition) is 2. The monoisotopic (exact) mass is 306 g/mol. The van der Waals surface area contributed by atoms with Crippen LogP contribution in [0, 0.1) is 0 Å². The number of aryl methyl sites for hydroxylation is 1. The molecule has 0 radical (unpaired) electrons. The van der Waals surface area contributed by atoms with Crippen molar-refractivity contribution in [1.29, 1.82) is 0 Å². The molecule has 1 aromatic heterocycles.